The Hall–Kier alpha value is -1.47. The molecule has 0 saturated carbocycles. The van der Waals surface area contributed by atoms with Gasteiger partial charge in [0.25, 0.3) is 5.91 Å². The van der Waals surface area contributed by atoms with Crippen LogP contribution in [0.1, 0.15) is 29.6 Å². The second kappa shape index (κ2) is 8.27. The van der Waals surface area contributed by atoms with Crippen molar-refractivity contribution in [2.24, 2.45) is 0 Å². The van der Waals surface area contributed by atoms with Crippen LogP contribution in [0.25, 0.3) is 0 Å². The molecule has 1 aromatic rings. The Morgan fingerprint density at radius 2 is 1.68 bits per heavy atom. The third-order valence-electron chi connectivity index (χ3n) is 4.85. The molecule has 1 aromatic carbocycles. The van der Waals surface area contributed by atoms with Crippen LogP contribution in [0.15, 0.2) is 22.7 Å². The first-order valence-corrected chi connectivity index (χ1v) is 9.58. The summed E-state index contributed by atoms with van der Waals surface area (Å²) in [6.07, 6.45) is 3.03. The Kier molecular flexibility index (Phi) is 6.06. The fourth-order valence-electron chi connectivity index (χ4n) is 3.42. The standard InChI is InChI=1S/C18H23BrFN3O2/c19-16-12-14(20)4-5-15(16)18(25)23-9-3-6-21(10-11-23)13-17(24)22-7-1-2-8-22/h4-5,12H,1-3,6-11,13H2. The lowest BCUT2D eigenvalue weighted by Crippen LogP contribution is -2.41. The van der Waals surface area contributed by atoms with Crippen molar-refractivity contribution in [2.75, 3.05) is 45.8 Å². The van der Waals surface area contributed by atoms with Gasteiger partial charge in [0.2, 0.25) is 5.91 Å². The molecule has 0 atom stereocenters. The van der Waals surface area contributed by atoms with E-state index in [0.29, 0.717) is 36.2 Å². The Morgan fingerprint density at radius 3 is 2.40 bits per heavy atom. The highest BCUT2D eigenvalue weighted by Crippen LogP contribution is 2.20. The van der Waals surface area contributed by atoms with Gasteiger partial charge in [-0.05, 0) is 53.4 Å². The Labute approximate surface area is 155 Å². The number of hydrogen-bond acceptors (Lipinski definition) is 3. The minimum absolute atomic E-state index is 0.0976. The highest BCUT2D eigenvalue weighted by molar-refractivity contribution is 9.10. The molecule has 25 heavy (non-hydrogen) atoms. The van der Waals surface area contributed by atoms with Crippen molar-refractivity contribution in [3.05, 3.63) is 34.1 Å². The van der Waals surface area contributed by atoms with Crippen LogP contribution in [-0.4, -0.2) is 72.3 Å². The Balaban J connectivity index is 1.57. The van der Waals surface area contributed by atoms with Crippen LogP contribution >= 0.6 is 15.9 Å². The van der Waals surface area contributed by atoms with Gasteiger partial charge >= 0.3 is 0 Å². The van der Waals surface area contributed by atoms with Gasteiger partial charge in [-0.2, -0.15) is 0 Å². The fourth-order valence-corrected chi connectivity index (χ4v) is 3.94. The number of hydrogen-bond donors (Lipinski definition) is 0. The molecule has 0 aliphatic carbocycles. The van der Waals surface area contributed by atoms with E-state index >= 15 is 0 Å². The van der Waals surface area contributed by atoms with Gasteiger partial charge in [0.05, 0.1) is 12.1 Å². The molecule has 5 nitrogen and oxygen atoms in total. The maximum atomic E-state index is 13.2. The minimum Gasteiger partial charge on any atom is -0.342 e. The van der Waals surface area contributed by atoms with Crippen molar-refractivity contribution in [1.29, 1.82) is 0 Å². The average molecular weight is 412 g/mol. The minimum atomic E-state index is -0.370. The lowest BCUT2D eigenvalue weighted by Gasteiger charge is -2.24. The number of halogens is 2. The molecule has 2 heterocycles. The van der Waals surface area contributed by atoms with Crippen molar-refractivity contribution in [2.45, 2.75) is 19.3 Å². The van der Waals surface area contributed by atoms with Crippen LogP contribution in [0, 0.1) is 5.82 Å². The maximum absolute atomic E-state index is 13.2. The molecule has 0 spiro atoms. The molecular weight excluding hydrogens is 389 g/mol. The molecule has 0 radical (unpaired) electrons. The van der Waals surface area contributed by atoms with E-state index in [1.165, 1.54) is 18.2 Å². The number of likely N-dealkylation sites (tertiary alicyclic amines) is 1. The lowest BCUT2D eigenvalue weighted by molar-refractivity contribution is -0.131. The van der Waals surface area contributed by atoms with E-state index in [1.807, 2.05) is 4.90 Å². The zero-order valence-electron chi connectivity index (χ0n) is 14.2. The van der Waals surface area contributed by atoms with Gasteiger partial charge < -0.3 is 9.80 Å². The summed E-state index contributed by atoms with van der Waals surface area (Å²) < 4.78 is 13.7. The first-order chi connectivity index (χ1) is 12.0. The van der Waals surface area contributed by atoms with E-state index in [-0.39, 0.29) is 17.6 Å². The molecule has 136 valence electrons. The van der Waals surface area contributed by atoms with Gasteiger partial charge in [0.1, 0.15) is 5.82 Å². The van der Waals surface area contributed by atoms with Crippen molar-refractivity contribution in [3.63, 3.8) is 0 Å². The van der Waals surface area contributed by atoms with Gasteiger partial charge in [0.15, 0.2) is 0 Å². The third kappa shape index (κ3) is 4.58. The van der Waals surface area contributed by atoms with Gasteiger partial charge in [-0.3, -0.25) is 14.5 Å². The van der Waals surface area contributed by atoms with Crippen LogP contribution < -0.4 is 0 Å². The summed E-state index contributed by atoms with van der Waals surface area (Å²) in [5.41, 5.74) is 0.475. The SMILES string of the molecule is O=C(CN1CCCN(C(=O)c2ccc(F)cc2Br)CC1)N1CCCC1. The molecule has 2 aliphatic heterocycles. The van der Waals surface area contributed by atoms with Crippen LogP contribution in [0.4, 0.5) is 4.39 Å². The van der Waals surface area contributed by atoms with E-state index < -0.39 is 0 Å². The van der Waals surface area contributed by atoms with E-state index in [0.717, 1.165) is 38.9 Å². The normalized spacial score (nSPS) is 19.1. The molecular formula is C18H23BrFN3O2. The Morgan fingerprint density at radius 1 is 0.960 bits per heavy atom. The summed E-state index contributed by atoms with van der Waals surface area (Å²) in [5, 5.41) is 0. The van der Waals surface area contributed by atoms with Crippen molar-refractivity contribution < 1.29 is 14.0 Å². The van der Waals surface area contributed by atoms with E-state index in [4.69, 9.17) is 0 Å². The quantitative estimate of drug-likeness (QED) is 0.766. The molecule has 0 N–H and O–H groups in total. The predicted molar refractivity (Wildman–Crippen MR) is 96.9 cm³/mol. The highest BCUT2D eigenvalue weighted by Gasteiger charge is 2.25. The number of benzene rings is 1. The number of carbonyl (C=O) groups is 2. The van der Waals surface area contributed by atoms with Gasteiger partial charge in [-0.1, -0.05) is 0 Å². The summed E-state index contributed by atoms with van der Waals surface area (Å²) in [6.45, 7) is 4.90. The lowest BCUT2D eigenvalue weighted by atomic mass is 10.2. The van der Waals surface area contributed by atoms with Crippen molar-refractivity contribution in [1.82, 2.24) is 14.7 Å². The molecule has 7 heteroatoms. The zero-order chi connectivity index (χ0) is 17.8. The van der Waals surface area contributed by atoms with Gasteiger partial charge in [-0.25, -0.2) is 4.39 Å². The number of carbonyl (C=O) groups excluding carboxylic acids is 2. The molecule has 2 fully saturated rings. The fraction of sp³-hybridized carbons (Fsp3) is 0.556. The van der Waals surface area contributed by atoms with Crippen molar-refractivity contribution >= 4 is 27.7 Å². The Bertz CT molecular complexity index is 649. The third-order valence-corrected chi connectivity index (χ3v) is 5.51. The van der Waals surface area contributed by atoms with E-state index in [2.05, 4.69) is 20.8 Å². The van der Waals surface area contributed by atoms with Gasteiger partial charge in [0, 0.05) is 43.7 Å². The summed E-state index contributed by atoms with van der Waals surface area (Å²) in [6, 6.07) is 4.13. The first kappa shape index (κ1) is 18.3. The largest absolute Gasteiger partial charge is 0.342 e. The topological polar surface area (TPSA) is 43.9 Å². The average Bonchev–Trinajstić information content (AvgIpc) is 3.02. The number of rotatable bonds is 3. The molecule has 2 amide bonds. The summed E-state index contributed by atoms with van der Waals surface area (Å²) in [5.74, 6) is -0.274. The smallest absolute Gasteiger partial charge is 0.255 e. The van der Waals surface area contributed by atoms with Crippen LogP contribution in [0.2, 0.25) is 0 Å². The first-order valence-electron chi connectivity index (χ1n) is 8.79. The van der Waals surface area contributed by atoms with Crippen molar-refractivity contribution in [3.8, 4) is 0 Å². The van der Waals surface area contributed by atoms with E-state index in [1.54, 1.807) is 4.90 Å². The second-order valence-electron chi connectivity index (χ2n) is 6.63. The molecule has 0 unspecified atom stereocenters. The molecule has 2 saturated heterocycles. The molecule has 2 aliphatic rings. The monoisotopic (exact) mass is 411 g/mol. The number of nitrogens with zero attached hydrogens (tertiary/aromatic N) is 3. The highest BCUT2D eigenvalue weighted by atomic mass is 79.9. The predicted octanol–water partition coefficient (Wildman–Crippen LogP) is 2.36. The van der Waals surface area contributed by atoms with Crippen LogP contribution in [-0.2, 0) is 4.79 Å². The maximum Gasteiger partial charge on any atom is 0.255 e. The summed E-state index contributed by atoms with van der Waals surface area (Å²) in [4.78, 5) is 30.9. The number of amides is 2. The summed E-state index contributed by atoms with van der Waals surface area (Å²) >= 11 is 3.27. The van der Waals surface area contributed by atoms with E-state index in [9.17, 15) is 14.0 Å². The summed E-state index contributed by atoms with van der Waals surface area (Å²) in [7, 11) is 0. The van der Waals surface area contributed by atoms with Crippen LogP contribution in [0.5, 0.6) is 0 Å². The van der Waals surface area contributed by atoms with Crippen LogP contribution in [0.3, 0.4) is 0 Å². The zero-order valence-corrected chi connectivity index (χ0v) is 15.8. The molecule has 3 rings (SSSR count). The second-order valence-corrected chi connectivity index (χ2v) is 7.49. The molecule has 0 bridgehead atoms. The molecule has 0 aromatic heterocycles. The van der Waals surface area contributed by atoms with Gasteiger partial charge in [-0.15, -0.1) is 0 Å².